The molecular weight excluding hydrogens is 440 g/mol. The van der Waals surface area contributed by atoms with Gasteiger partial charge in [-0.15, -0.1) is 0 Å². The number of carbonyl (C=O) groups excluding carboxylic acids is 2. The van der Waals surface area contributed by atoms with Crippen molar-refractivity contribution in [2.45, 2.75) is 43.6 Å². The first kappa shape index (κ1) is 24.0. The fourth-order valence-corrected chi connectivity index (χ4v) is 4.62. The Balaban J connectivity index is 1.42. The number of anilines is 1. The van der Waals surface area contributed by atoms with Gasteiger partial charge in [-0.3, -0.25) is 9.59 Å². The van der Waals surface area contributed by atoms with Gasteiger partial charge in [-0.05, 0) is 30.7 Å². The maximum atomic E-state index is 12.7. The molecule has 0 aliphatic carbocycles. The molecule has 2 amide bonds. The summed E-state index contributed by atoms with van der Waals surface area (Å²) in [6.45, 7) is 0.0968. The summed E-state index contributed by atoms with van der Waals surface area (Å²) in [6, 6.07) is 13.0. The van der Waals surface area contributed by atoms with E-state index in [0.717, 1.165) is 11.1 Å². The van der Waals surface area contributed by atoms with Crippen LogP contribution in [0.4, 0.5) is 5.69 Å². The van der Waals surface area contributed by atoms with Crippen LogP contribution in [-0.2, 0) is 25.6 Å². The molecule has 2 aromatic carbocycles. The molecule has 4 rings (SSSR count). The van der Waals surface area contributed by atoms with Gasteiger partial charge in [-0.1, -0.05) is 18.2 Å². The number of aliphatic hydroxyl groups is 1. The minimum absolute atomic E-state index is 0.0356. The predicted octanol–water partition coefficient (Wildman–Crippen LogP) is 1.98. The van der Waals surface area contributed by atoms with E-state index in [1.807, 2.05) is 30.3 Å². The zero-order valence-electron chi connectivity index (χ0n) is 19.3. The van der Waals surface area contributed by atoms with Gasteiger partial charge in [0.25, 0.3) is 0 Å². The largest absolute Gasteiger partial charge is 0.496 e. The molecule has 2 aliphatic rings. The smallest absolute Gasteiger partial charge is 0.250 e. The Morgan fingerprint density at radius 1 is 1.15 bits per heavy atom. The molecule has 1 saturated heterocycles. The monoisotopic (exact) mass is 470 g/mol. The number of nitrogens with one attached hydrogen (secondary N) is 2. The number of amides is 2. The molecule has 2 aliphatic heterocycles. The Morgan fingerprint density at radius 2 is 1.97 bits per heavy atom. The first-order valence-corrected chi connectivity index (χ1v) is 11.3. The van der Waals surface area contributed by atoms with Crippen LogP contribution in [0.25, 0.3) is 0 Å². The van der Waals surface area contributed by atoms with Crippen molar-refractivity contribution in [2.24, 2.45) is 0 Å². The van der Waals surface area contributed by atoms with Gasteiger partial charge >= 0.3 is 0 Å². The summed E-state index contributed by atoms with van der Waals surface area (Å²) in [6.07, 6.45) is -0.555. The van der Waals surface area contributed by atoms with Gasteiger partial charge in [0.15, 0.2) is 0 Å². The summed E-state index contributed by atoms with van der Waals surface area (Å²) in [5.74, 6) is 0.955. The lowest BCUT2D eigenvalue weighted by Gasteiger charge is -2.37. The minimum atomic E-state index is -0.551. The number of para-hydroxylation sites is 1. The molecule has 0 unspecified atom stereocenters. The average Bonchev–Trinajstić information content (AvgIpc) is 3.20. The lowest BCUT2D eigenvalue weighted by molar-refractivity contribution is -0.142. The number of rotatable bonds is 9. The first-order valence-electron chi connectivity index (χ1n) is 11.3. The van der Waals surface area contributed by atoms with Crippen LogP contribution >= 0.6 is 0 Å². The minimum Gasteiger partial charge on any atom is -0.496 e. The number of ether oxygens (including phenoxy) is 4. The molecule has 3 N–H and O–H groups in total. The summed E-state index contributed by atoms with van der Waals surface area (Å²) in [5, 5.41) is 15.6. The Kier molecular flexibility index (Phi) is 7.66. The van der Waals surface area contributed by atoms with Crippen molar-refractivity contribution in [3.8, 4) is 11.5 Å². The second-order valence-electron chi connectivity index (χ2n) is 8.43. The Bertz CT molecular complexity index is 1030. The van der Waals surface area contributed by atoms with Gasteiger partial charge in [-0.25, -0.2) is 0 Å². The molecular formula is C25H30N2O7. The Hall–Kier alpha value is -3.14. The van der Waals surface area contributed by atoms with Gasteiger partial charge in [0, 0.05) is 36.4 Å². The zero-order chi connectivity index (χ0) is 24.1. The third kappa shape index (κ3) is 5.32. The van der Waals surface area contributed by atoms with E-state index in [0.29, 0.717) is 30.2 Å². The highest BCUT2D eigenvalue weighted by atomic mass is 16.6. The van der Waals surface area contributed by atoms with Gasteiger partial charge in [0.2, 0.25) is 11.8 Å². The lowest BCUT2D eigenvalue weighted by atomic mass is 9.84. The maximum Gasteiger partial charge on any atom is 0.250 e. The SMILES string of the molecule is COCC(=O)Nc1ccc2c(c1)[C@H]1C[C@H](CC(=O)NCc3ccccc3OC)O[C@H](CO)[C@H]1O2. The molecule has 0 saturated carbocycles. The highest BCUT2D eigenvalue weighted by Crippen LogP contribution is 2.47. The molecule has 0 bridgehead atoms. The van der Waals surface area contributed by atoms with Gasteiger partial charge in [-0.2, -0.15) is 0 Å². The van der Waals surface area contributed by atoms with Crippen LogP contribution in [0.1, 0.15) is 29.9 Å². The molecule has 9 heteroatoms. The number of carbonyl (C=O) groups is 2. The molecule has 4 atom stereocenters. The molecule has 182 valence electrons. The van der Waals surface area contributed by atoms with Gasteiger partial charge in [0.05, 0.1) is 26.2 Å². The standard InChI is InChI=1S/C25H30N2O7/c1-31-14-24(30)27-16-7-8-21-18(9-16)19-10-17(33-22(13-28)25(19)34-21)11-23(29)26-12-15-5-3-4-6-20(15)32-2/h3-9,17,19,22,25,28H,10-14H2,1-2H3,(H,26,29)(H,27,30)/t17-,19-,22-,25+/m1/s1. The van der Waals surface area contributed by atoms with E-state index < -0.39 is 6.10 Å². The van der Waals surface area contributed by atoms with Crippen LogP contribution < -0.4 is 20.1 Å². The van der Waals surface area contributed by atoms with Crippen molar-refractivity contribution >= 4 is 17.5 Å². The fourth-order valence-electron chi connectivity index (χ4n) is 4.62. The third-order valence-corrected chi connectivity index (χ3v) is 6.14. The van der Waals surface area contributed by atoms with Crippen LogP contribution in [0.5, 0.6) is 11.5 Å². The van der Waals surface area contributed by atoms with Crippen LogP contribution in [-0.4, -0.2) is 62.7 Å². The lowest BCUT2D eigenvalue weighted by Crippen LogP contribution is -2.47. The summed E-state index contributed by atoms with van der Waals surface area (Å²) in [7, 11) is 3.06. The third-order valence-electron chi connectivity index (χ3n) is 6.14. The van der Waals surface area contributed by atoms with Crippen LogP contribution in [0.15, 0.2) is 42.5 Å². The van der Waals surface area contributed by atoms with E-state index in [-0.39, 0.29) is 49.6 Å². The summed E-state index contributed by atoms with van der Waals surface area (Å²) in [5.41, 5.74) is 2.46. The van der Waals surface area contributed by atoms with E-state index in [4.69, 9.17) is 18.9 Å². The Morgan fingerprint density at radius 3 is 2.74 bits per heavy atom. The van der Waals surface area contributed by atoms with Gasteiger partial charge in [0.1, 0.15) is 30.3 Å². The highest BCUT2D eigenvalue weighted by molar-refractivity contribution is 5.92. The number of benzene rings is 2. The van der Waals surface area contributed by atoms with E-state index >= 15 is 0 Å². The average molecular weight is 471 g/mol. The van der Waals surface area contributed by atoms with Crippen molar-refractivity contribution in [3.63, 3.8) is 0 Å². The maximum absolute atomic E-state index is 12.7. The summed E-state index contributed by atoms with van der Waals surface area (Å²) < 4.78 is 22.3. The molecule has 0 radical (unpaired) electrons. The van der Waals surface area contributed by atoms with Crippen LogP contribution in [0, 0.1) is 0 Å². The molecule has 2 aromatic rings. The Labute approximate surface area is 198 Å². The van der Waals surface area contributed by atoms with Crippen molar-refractivity contribution in [3.05, 3.63) is 53.6 Å². The zero-order valence-corrected chi connectivity index (χ0v) is 19.3. The van der Waals surface area contributed by atoms with E-state index in [1.165, 1.54) is 7.11 Å². The van der Waals surface area contributed by atoms with E-state index in [1.54, 1.807) is 19.2 Å². The molecule has 9 nitrogen and oxygen atoms in total. The normalized spacial score (nSPS) is 22.8. The number of aliphatic hydroxyl groups excluding tert-OH is 1. The topological polar surface area (TPSA) is 115 Å². The predicted molar refractivity (Wildman–Crippen MR) is 124 cm³/mol. The fraction of sp³-hybridized carbons (Fsp3) is 0.440. The van der Waals surface area contributed by atoms with Crippen molar-refractivity contribution in [1.82, 2.24) is 5.32 Å². The molecule has 1 fully saturated rings. The van der Waals surface area contributed by atoms with E-state index in [9.17, 15) is 14.7 Å². The number of methoxy groups -OCH3 is 2. The molecule has 2 heterocycles. The quantitative estimate of drug-likeness (QED) is 0.513. The van der Waals surface area contributed by atoms with Crippen molar-refractivity contribution in [1.29, 1.82) is 0 Å². The van der Waals surface area contributed by atoms with Crippen molar-refractivity contribution < 1.29 is 33.6 Å². The highest BCUT2D eigenvalue weighted by Gasteiger charge is 2.46. The summed E-state index contributed by atoms with van der Waals surface area (Å²) >= 11 is 0. The first-order chi connectivity index (χ1) is 16.5. The van der Waals surface area contributed by atoms with E-state index in [2.05, 4.69) is 10.6 Å². The summed E-state index contributed by atoms with van der Waals surface area (Å²) in [4.78, 5) is 24.6. The number of fused-ring (bicyclic) bond motifs is 3. The number of hydrogen-bond donors (Lipinski definition) is 3. The molecule has 34 heavy (non-hydrogen) atoms. The van der Waals surface area contributed by atoms with Crippen LogP contribution in [0.3, 0.4) is 0 Å². The van der Waals surface area contributed by atoms with Gasteiger partial charge < -0.3 is 34.7 Å². The number of hydrogen-bond acceptors (Lipinski definition) is 7. The molecule has 0 spiro atoms. The second kappa shape index (κ2) is 10.9. The van der Waals surface area contributed by atoms with Crippen molar-refractivity contribution in [2.75, 3.05) is 32.8 Å². The second-order valence-corrected chi connectivity index (χ2v) is 8.43. The molecule has 0 aromatic heterocycles. The van der Waals surface area contributed by atoms with Crippen LogP contribution in [0.2, 0.25) is 0 Å².